The van der Waals surface area contributed by atoms with Gasteiger partial charge in [0.1, 0.15) is 0 Å². The molecule has 4 fully saturated rings. The lowest BCUT2D eigenvalue weighted by Gasteiger charge is -2.38. The van der Waals surface area contributed by atoms with Gasteiger partial charge >= 0.3 is 11.9 Å². The van der Waals surface area contributed by atoms with Crippen molar-refractivity contribution in [2.75, 3.05) is 0 Å². The summed E-state index contributed by atoms with van der Waals surface area (Å²) in [5.74, 6) is 0.950. The van der Waals surface area contributed by atoms with Crippen LogP contribution in [0.1, 0.15) is 25.7 Å². The fourth-order valence-corrected chi connectivity index (χ4v) is 5.86. The van der Waals surface area contributed by atoms with Crippen LogP contribution in [0.3, 0.4) is 0 Å². The molecule has 0 aromatic heterocycles. The Balaban J connectivity index is 1.75. The average Bonchev–Trinajstić information content (AvgIpc) is 3.01. The highest BCUT2D eigenvalue weighted by Gasteiger charge is 2.73. The number of carbonyl (C=O) groups excluding carboxylic acids is 2. The van der Waals surface area contributed by atoms with Crippen LogP contribution in [0.5, 0.6) is 0 Å². The van der Waals surface area contributed by atoms with Crippen LogP contribution in [-0.2, 0) is 14.3 Å². The van der Waals surface area contributed by atoms with E-state index >= 15 is 0 Å². The van der Waals surface area contributed by atoms with E-state index in [9.17, 15) is 9.59 Å². The van der Waals surface area contributed by atoms with Crippen LogP contribution in [0.25, 0.3) is 0 Å². The quantitative estimate of drug-likeness (QED) is 0.361. The lowest BCUT2D eigenvalue weighted by Crippen LogP contribution is -2.38. The van der Waals surface area contributed by atoms with Gasteiger partial charge in [0.05, 0.1) is 11.8 Å². The van der Waals surface area contributed by atoms with Crippen LogP contribution >= 0.6 is 0 Å². The minimum Gasteiger partial charge on any atom is -0.393 e. The van der Waals surface area contributed by atoms with Gasteiger partial charge in [-0.25, -0.2) is 0 Å². The molecule has 3 heteroatoms. The number of cyclic esters (lactones) is 2. The van der Waals surface area contributed by atoms with E-state index < -0.39 is 0 Å². The third kappa shape index (κ3) is 0.712. The van der Waals surface area contributed by atoms with Crippen LogP contribution in [-0.4, -0.2) is 11.9 Å². The van der Waals surface area contributed by atoms with Gasteiger partial charge in [-0.2, -0.15) is 0 Å². The minimum absolute atomic E-state index is 0.0570. The first-order valence-corrected chi connectivity index (χ1v) is 6.69. The van der Waals surface area contributed by atoms with Crippen molar-refractivity contribution in [3.05, 3.63) is 11.6 Å². The zero-order chi connectivity index (χ0) is 11.4. The standard InChI is InChI=1S/C14H14O3/c15-12-10-7-4-9-6-1-2-8(3-6)14(9,5-7)11(10)13(16)17-12/h4,6-8,10-11H,1-3,5H2/t6-,7-,8-,10-,11+,14+/m0/s1. The Bertz CT molecular complexity index is 506. The van der Waals surface area contributed by atoms with Crippen molar-refractivity contribution in [2.45, 2.75) is 25.7 Å². The van der Waals surface area contributed by atoms with Crippen LogP contribution in [0.15, 0.2) is 11.6 Å². The van der Waals surface area contributed by atoms with E-state index in [1.54, 1.807) is 0 Å². The highest BCUT2D eigenvalue weighted by atomic mass is 16.6. The molecule has 0 aromatic carbocycles. The minimum atomic E-state index is -0.250. The summed E-state index contributed by atoms with van der Waals surface area (Å²) >= 11 is 0. The number of allylic oxidation sites excluding steroid dienone is 2. The van der Waals surface area contributed by atoms with E-state index in [1.165, 1.54) is 24.8 Å². The molecule has 4 bridgehead atoms. The number of fused-ring (bicyclic) bond motifs is 6. The lowest BCUT2D eigenvalue weighted by atomic mass is 9.63. The largest absolute Gasteiger partial charge is 0.393 e. The first-order chi connectivity index (χ1) is 8.22. The molecule has 88 valence electrons. The van der Waals surface area contributed by atoms with Gasteiger partial charge in [0.2, 0.25) is 0 Å². The molecule has 0 radical (unpaired) electrons. The van der Waals surface area contributed by atoms with E-state index in [2.05, 4.69) is 6.08 Å². The van der Waals surface area contributed by atoms with Gasteiger partial charge in [0.15, 0.2) is 0 Å². The highest BCUT2D eigenvalue weighted by molar-refractivity contribution is 5.99. The maximum Gasteiger partial charge on any atom is 0.318 e. The smallest absolute Gasteiger partial charge is 0.318 e. The van der Waals surface area contributed by atoms with Gasteiger partial charge in [-0.3, -0.25) is 9.59 Å². The van der Waals surface area contributed by atoms with Crippen molar-refractivity contribution in [1.29, 1.82) is 0 Å². The molecule has 0 amide bonds. The van der Waals surface area contributed by atoms with E-state index in [4.69, 9.17) is 4.74 Å². The Morgan fingerprint density at radius 2 is 2.12 bits per heavy atom. The molecule has 0 unspecified atom stereocenters. The number of carbonyl (C=O) groups is 2. The van der Waals surface area contributed by atoms with Gasteiger partial charge in [-0.05, 0) is 43.4 Å². The molecule has 5 aliphatic rings. The third-order valence-corrected chi connectivity index (χ3v) is 6.21. The van der Waals surface area contributed by atoms with Crippen LogP contribution < -0.4 is 0 Å². The zero-order valence-corrected chi connectivity index (χ0v) is 9.52. The second kappa shape index (κ2) is 2.36. The molecule has 0 N–H and O–H groups in total. The third-order valence-electron chi connectivity index (χ3n) is 6.21. The Labute approximate surface area is 99.2 Å². The zero-order valence-electron chi connectivity index (χ0n) is 9.52. The Morgan fingerprint density at radius 1 is 1.24 bits per heavy atom. The van der Waals surface area contributed by atoms with E-state index in [0.717, 1.165) is 12.3 Å². The summed E-state index contributed by atoms with van der Waals surface area (Å²) in [6.45, 7) is 0. The number of ether oxygens (including phenoxy) is 1. The molecule has 4 aliphatic carbocycles. The SMILES string of the molecule is O=C1OC(=O)[C@H]2[C@@H]1[C@H]1C=C3[C@H]4CC[C@@H](C4)[C@]32C1. The van der Waals surface area contributed by atoms with Crippen molar-refractivity contribution in [1.82, 2.24) is 0 Å². The van der Waals surface area contributed by atoms with E-state index in [0.29, 0.717) is 11.8 Å². The van der Waals surface area contributed by atoms with Gasteiger partial charge in [0.25, 0.3) is 0 Å². The maximum absolute atomic E-state index is 12.0. The number of esters is 2. The summed E-state index contributed by atoms with van der Waals surface area (Å²) in [7, 11) is 0. The summed E-state index contributed by atoms with van der Waals surface area (Å²) in [6.07, 6.45) is 7.19. The summed E-state index contributed by atoms with van der Waals surface area (Å²) in [4.78, 5) is 23.8. The van der Waals surface area contributed by atoms with Crippen molar-refractivity contribution in [3.8, 4) is 0 Å². The van der Waals surface area contributed by atoms with E-state index in [-0.39, 0.29) is 29.2 Å². The topological polar surface area (TPSA) is 43.4 Å². The monoisotopic (exact) mass is 230 g/mol. The number of hydrogen-bond donors (Lipinski definition) is 0. The normalized spacial score (nSPS) is 57.2. The predicted octanol–water partition coefficient (Wildman–Crippen LogP) is 1.68. The number of rotatable bonds is 0. The molecule has 5 rings (SSSR count). The first-order valence-electron chi connectivity index (χ1n) is 6.69. The second-order valence-electron chi connectivity index (χ2n) is 6.48. The van der Waals surface area contributed by atoms with Crippen LogP contribution in [0.2, 0.25) is 0 Å². The summed E-state index contributed by atoms with van der Waals surface area (Å²) in [5.41, 5.74) is 1.59. The van der Waals surface area contributed by atoms with Gasteiger partial charge in [-0.15, -0.1) is 0 Å². The maximum atomic E-state index is 12.0. The fourth-order valence-electron chi connectivity index (χ4n) is 5.86. The Hall–Kier alpha value is -1.12. The lowest BCUT2D eigenvalue weighted by molar-refractivity contribution is -0.155. The van der Waals surface area contributed by atoms with Crippen molar-refractivity contribution < 1.29 is 14.3 Å². The van der Waals surface area contributed by atoms with Gasteiger partial charge in [0, 0.05) is 5.41 Å². The molecule has 1 heterocycles. The van der Waals surface area contributed by atoms with Gasteiger partial charge < -0.3 is 4.74 Å². The molecule has 17 heavy (non-hydrogen) atoms. The highest BCUT2D eigenvalue weighted by Crippen LogP contribution is 2.75. The molecular weight excluding hydrogens is 216 g/mol. The molecule has 1 spiro atoms. The van der Waals surface area contributed by atoms with Crippen molar-refractivity contribution in [3.63, 3.8) is 0 Å². The number of hydrogen-bond acceptors (Lipinski definition) is 3. The van der Waals surface area contributed by atoms with Crippen molar-refractivity contribution >= 4 is 11.9 Å². The molecule has 6 atom stereocenters. The average molecular weight is 230 g/mol. The summed E-state index contributed by atoms with van der Waals surface area (Å²) in [6, 6.07) is 0. The Kier molecular flexibility index (Phi) is 1.23. The van der Waals surface area contributed by atoms with Crippen molar-refractivity contribution in [2.24, 2.45) is 35.0 Å². The van der Waals surface area contributed by atoms with Crippen LogP contribution in [0.4, 0.5) is 0 Å². The summed E-state index contributed by atoms with van der Waals surface area (Å²) < 4.78 is 4.91. The first kappa shape index (κ1) is 8.90. The molecular formula is C14H14O3. The molecule has 0 aromatic rings. The van der Waals surface area contributed by atoms with Gasteiger partial charge in [-0.1, -0.05) is 11.6 Å². The van der Waals surface area contributed by atoms with E-state index in [1.807, 2.05) is 0 Å². The molecule has 1 aliphatic heterocycles. The molecule has 3 saturated carbocycles. The van der Waals surface area contributed by atoms with Crippen LogP contribution in [0, 0.1) is 35.0 Å². The molecule has 1 saturated heterocycles. The predicted molar refractivity (Wildman–Crippen MR) is 57.5 cm³/mol. The Morgan fingerprint density at radius 3 is 3.00 bits per heavy atom. The molecule has 3 nitrogen and oxygen atoms in total. The fraction of sp³-hybridized carbons (Fsp3) is 0.714. The summed E-state index contributed by atoms with van der Waals surface area (Å²) in [5, 5.41) is 0. The second-order valence-corrected chi connectivity index (χ2v) is 6.48.